The highest BCUT2D eigenvalue weighted by Crippen LogP contribution is 2.42. The second-order valence-electron chi connectivity index (χ2n) is 5.87. The molecule has 0 unspecified atom stereocenters. The van der Waals surface area contributed by atoms with Crippen LogP contribution in [0.4, 0.5) is 0 Å². The van der Waals surface area contributed by atoms with Gasteiger partial charge in [-0.25, -0.2) is 4.79 Å². The molecule has 2 fully saturated rings. The molecular formula is C15H19NO3S. The summed E-state index contributed by atoms with van der Waals surface area (Å²) in [7, 11) is 0. The zero-order chi connectivity index (χ0) is 14.3. The minimum Gasteiger partial charge on any atom is -0.480 e. The van der Waals surface area contributed by atoms with E-state index in [1.807, 2.05) is 19.1 Å². The minimum absolute atomic E-state index is 0.0337. The molecule has 0 spiro atoms. The van der Waals surface area contributed by atoms with Crippen LogP contribution in [-0.4, -0.2) is 34.5 Å². The molecule has 5 heteroatoms. The number of carboxylic acid groups (broad SMARTS) is 1. The first-order valence-electron chi connectivity index (χ1n) is 7.14. The molecule has 4 nitrogen and oxygen atoms in total. The number of nitrogens with zero attached hydrogens (tertiary/aromatic N) is 1. The van der Waals surface area contributed by atoms with Crippen LogP contribution in [-0.2, 0) is 16.0 Å². The lowest BCUT2D eigenvalue weighted by Gasteiger charge is -2.24. The lowest BCUT2D eigenvalue weighted by molar-refractivity contribution is -0.149. The number of likely N-dealkylation sites (tertiary alicyclic amines) is 1. The van der Waals surface area contributed by atoms with Gasteiger partial charge in [-0.05, 0) is 43.7 Å². The number of carboxylic acids is 1. The number of aryl methyl sites for hydroxylation is 1. The van der Waals surface area contributed by atoms with Crippen LogP contribution in [0.1, 0.15) is 29.0 Å². The van der Waals surface area contributed by atoms with Gasteiger partial charge >= 0.3 is 5.97 Å². The molecule has 3 atom stereocenters. The van der Waals surface area contributed by atoms with Crippen LogP contribution in [0.25, 0.3) is 0 Å². The molecule has 2 heterocycles. The van der Waals surface area contributed by atoms with Gasteiger partial charge in [0.05, 0.1) is 6.42 Å². The van der Waals surface area contributed by atoms with Gasteiger partial charge in [-0.15, -0.1) is 11.3 Å². The van der Waals surface area contributed by atoms with Crippen molar-refractivity contribution in [3.8, 4) is 0 Å². The average molecular weight is 293 g/mol. The van der Waals surface area contributed by atoms with E-state index in [0.29, 0.717) is 18.9 Å². The molecule has 0 radical (unpaired) electrons. The summed E-state index contributed by atoms with van der Waals surface area (Å²) in [6.45, 7) is 2.64. The highest BCUT2D eigenvalue weighted by Gasteiger charge is 2.49. The number of carbonyl (C=O) groups excluding carboxylic acids is 1. The third-order valence-electron chi connectivity index (χ3n) is 4.59. The number of carbonyl (C=O) groups is 2. The fourth-order valence-corrected chi connectivity index (χ4v) is 4.59. The molecule has 1 aliphatic heterocycles. The summed E-state index contributed by atoms with van der Waals surface area (Å²) in [4.78, 5) is 27.8. The molecule has 1 N–H and O–H groups in total. The van der Waals surface area contributed by atoms with Crippen molar-refractivity contribution >= 4 is 23.2 Å². The molecule has 1 aliphatic carbocycles. The SMILES string of the molecule is Cc1ccc(CC(=O)N2C[C@@H]3CCC[C@H]3[C@H]2C(=O)O)s1. The predicted molar refractivity (Wildman–Crippen MR) is 76.7 cm³/mol. The van der Waals surface area contributed by atoms with Crippen molar-refractivity contribution in [1.82, 2.24) is 4.90 Å². The van der Waals surface area contributed by atoms with E-state index in [4.69, 9.17) is 0 Å². The van der Waals surface area contributed by atoms with E-state index >= 15 is 0 Å². The average Bonchev–Trinajstić information content (AvgIpc) is 3.02. The molecule has 2 aliphatic rings. The smallest absolute Gasteiger partial charge is 0.326 e. The molecular weight excluding hydrogens is 274 g/mol. The third kappa shape index (κ3) is 2.35. The van der Waals surface area contributed by atoms with E-state index in [1.54, 1.807) is 16.2 Å². The van der Waals surface area contributed by atoms with Gasteiger partial charge in [-0.1, -0.05) is 6.42 Å². The number of fused-ring (bicyclic) bond motifs is 1. The minimum atomic E-state index is -0.838. The number of hydrogen-bond donors (Lipinski definition) is 1. The van der Waals surface area contributed by atoms with Crippen LogP contribution >= 0.6 is 11.3 Å². The van der Waals surface area contributed by atoms with Gasteiger partial charge in [0.25, 0.3) is 0 Å². The van der Waals surface area contributed by atoms with Crippen LogP contribution < -0.4 is 0 Å². The first-order valence-corrected chi connectivity index (χ1v) is 7.95. The summed E-state index contributed by atoms with van der Waals surface area (Å²) in [6, 6.07) is 3.36. The molecule has 3 rings (SSSR count). The van der Waals surface area contributed by atoms with E-state index < -0.39 is 12.0 Å². The first kappa shape index (κ1) is 13.6. The molecule has 0 aromatic carbocycles. The summed E-state index contributed by atoms with van der Waals surface area (Å²) in [6.07, 6.45) is 3.45. The maximum absolute atomic E-state index is 12.4. The largest absolute Gasteiger partial charge is 0.480 e. The van der Waals surface area contributed by atoms with Crippen LogP contribution in [0.3, 0.4) is 0 Å². The number of thiophene rings is 1. The van der Waals surface area contributed by atoms with E-state index in [-0.39, 0.29) is 11.8 Å². The summed E-state index contributed by atoms with van der Waals surface area (Å²) in [5.41, 5.74) is 0. The topological polar surface area (TPSA) is 57.6 Å². The Bertz CT molecular complexity index is 539. The van der Waals surface area contributed by atoms with Crippen molar-refractivity contribution in [2.24, 2.45) is 11.8 Å². The molecule has 1 saturated carbocycles. The van der Waals surface area contributed by atoms with Crippen molar-refractivity contribution in [3.63, 3.8) is 0 Å². The van der Waals surface area contributed by atoms with Crippen molar-refractivity contribution in [3.05, 3.63) is 21.9 Å². The molecule has 1 amide bonds. The van der Waals surface area contributed by atoms with Gasteiger partial charge in [0.2, 0.25) is 5.91 Å². The quantitative estimate of drug-likeness (QED) is 0.930. The van der Waals surface area contributed by atoms with E-state index in [9.17, 15) is 14.7 Å². The third-order valence-corrected chi connectivity index (χ3v) is 5.59. The summed E-state index contributed by atoms with van der Waals surface area (Å²) < 4.78 is 0. The van der Waals surface area contributed by atoms with Crippen LogP contribution in [0, 0.1) is 18.8 Å². The number of amides is 1. The van der Waals surface area contributed by atoms with Crippen molar-refractivity contribution in [2.75, 3.05) is 6.54 Å². The second-order valence-corrected chi connectivity index (χ2v) is 7.25. The van der Waals surface area contributed by atoms with Crippen molar-refractivity contribution < 1.29 is 14.7 Å². The van der Waals surface area contributed by atoms with E-state index in [2.05, 4.69) is 0 Å². The van der Waals surface area contributed by atoms with Gasteiger partial charge in [-0.3, -0.25) is 4.79 Å². The van der Waals surface area contributed by atoms with Crippen LogP contribution in [0.5, 0.6) is 0 Å². The molecule has 1 saturated heterocycles. The molecule has 0 bridgehead atoms. The Morgan fingerprint density at radius 2 is 2.20 bits per heavy atom. The summed E-state index contributed by atoms with van der Waals surface area (Å²) >= 11 is 1.61. The maximum atomic E-state index is 12.4. The van der Waals surface area contributed by atoms with E-state index in [0.717, 1.165) is 24.1 Å². The highest BCUT2D eigenvalue weighted by atomic mass is 32.1. The lowest BCUT2D eigenvalue weighted by atomic mass is 9.94. The van der Waals surface area contributed by atoms with Gasteiger partial charge in [0.15, 0.2) is 0 Å². The lowest BCUT2D eigenvalue weighted by Crippen LogP contribution is -2.43. The Balaban J connectivity index is 1.75. The zero-order valence-electron chi connectivity index (χ0n) is 11.5. The Kier molecular flexibility index (Phi) is 3.54. The van der Waals surface area contributed by atoms with Gasteiger partial charge in [0.1, 0.15) is 6.04 Å². The number of hydrogen-bond acceptors (Lipinski definition) is 3. The molecule has 1 aromatic rings. The monoisotopic (exact) mass is 293 g/mol. The Hall–Kier alpha value is -1.36. The van der Waals surface area contributed by atoms with Crippen molar-refractivity contribution in [1.29, 1.82) is 0 Å². The Labute approximate surface area is 122 Å². The Morgan fingerprint density at radius 1 is 1.40 bits per heavy atom. The molecule has 108 valence electrons. The van der Waals surface area contributed by atoms with Crippen molar-refractivity contribution in [2.45, 2.75) is 38.6 Å². The predicted octanol–water partition coefficient (Wildman–Crippen LogP) is 2.31. The molecule has 1 aromatic heterocycles. The van der Waals surface area contributed by atoms with Gasteiger partial charge in [0, 0.05) is 16.3 Å². The molecule has 20 heavy (non-hydrogen) atoms. The first-order chi connectivity index (χ1) is 9.56. The number of rotatable bonds is 3. The summed E-state index contributed by atoms with van der Waals surface area (Å²) in [5, 5.41) is 9.46. The van der Waals surface area contributed by atoms with Crippen LogP contribution in [0.15, 0.2) is 12.1 Å². The highest BCUT2D eigenvalue weighted by molar-refractivity contribution is 7.12. The fraction of sp³-hybridized carbons (Fsp3) is 0.600. The zero-order valence-corrected chi connectivity index (χ0v) is 12.4. The van der Waals surface area contributed by atoms with E-state index in [1.165, 1.54) is 4.88 Å². The standard InChI is InChI=1S/C15H19NO3S/c1-9-5-6-11(20-9)7-13(17)16-8-10-3-2-4-12(10)14(16)15(18)19/h5-6,10,12,14H,2-4,7-8H2,1H3,(H,18,19)/t10-,12+,14-/m0/s1. The van der Waals surface area contributed by atoms with Crippen LogP contribution in [0.2, 0.25) is 0 Å². The second kappa shape index (κ2) is 5.20. The Morgan fingerprint density at radius 3 is 2.85 bits per heavy atom. The summed E-state index contributed by atoms with van der Waals surface area (Å²) in [5.74, 6) is -0.310. The maximum Gasteiger partial charge on any atom is 0.326 e. The van der Waals surface area contributed by atoms with Gasteiger partial charge in [-0.2, -0.15) is 0 Å². The number of aliphatic carboxylic acids is 1. The normalized spacial score (nSPS) is 28.6. The fourth-order valence-electron chi connectivity index (χ4n) is 3.71. The van der Waals surface area contributed by atoms with Gasteiger partial charge < -0.3 is 10.0 Å².